The van der Waals surface area contributed by atoms with E-state index < -0.39 is 18.1 Å². The van der Waals surface area contributed by atoms with Gasteiger partial charge in [0.25, 0.3) is 0 Å². The molecule has 4 rings (SSSR count). The third-order valence-electron chi connectivity index (χ3n) is 4.53. The average molecular weight is 336 g/mol. The maximum atomic E-state index is 12.0. The van der Waals surface area contributed by atoms with Gasteiger partial charge in [-0.25, -0.2) is 9.59 Å². The first-order valence-electron chi connectivity index (χ1n) is 8.04. The van der Waals surface area contributed by atoms with Crippen LogP contribution in [-0.2, 0) is 14.3 Å². The van der Waals surface area contributed by atoms with Crippen LogP contribution in [0.15, 0.2) is 48.5 Å². The number of hydrogen-bond donors (Lipinski definition) is 2. The van der Waals surface area contributed by atoms with Crippen LogP contribution >= 0.6 is 0 Å². The first-order chi connectivity index (χ1) is 12.1. The molecule has 1 amide bonds. The molecule has 1 aliphatic heterocycles. The molecule has 1 atom stereocenters. The van der Waals surface area contributed by atoms with Crippen LogP contribution in [0.25, 0.3) is 11.1 Å². The molecular formula is C19H16N2O4. The number of carbonyl (C=O) groups is 2. The van der Waals surface area contributed by atoms with E-state index in [-0.39, 0.29) is 24.8 Å². The number of carbonyl (C=O) groups excluding carboxylic acids is 2. The lowest BCUT2D eigenvalue weighted by atomic mass is 9.98. The van der Waals surface area contributed by atoms with Gasteiger partial charge in [0.2, 0.25) is 0 Å². The van der Waals surface area contributed by atoms with Gasteiger partial charge >= 0.3 is 12.1 Å². The number of amides is 1. The number of benzene rings is 2. The Balaban J connectivity index is 1.47. The van der Waals surface area contributed by atoms with Gasteiger partial charge in [-0.05, 0) is 22.3 Å². The molecule has 1 aliphatic carbocycles. The third-order valence-corrected chi connectivity index (χ3v) is 4.53. The van der Waals surface area contributed by atoms with Crippen molar-refractivity contribution in [3.8, 4) is 11.1 Å². The molecule has 2 aliphatic rings. The number of cyclic esters (lactones) is 1. The molecule has 25 heavy (non-hydrogen) atoms. The quantitative estimate of drug-likeness (QED) is 0.844. The molecule has 2 aromatic carbocycles. The second-order valence-corrected chi connectivity index (χ2v) is 6.07. The molecular weight excluding hydrogens is 320 g/mol. The molecule has 1 saturated heterocycles. The molecule has 0 bridgehead atoms. The van der Waals surface area contributed by atoms with Crippen molar-refractivity contribution in [1.29, 1.82) is 5.41 Å². The summed E-state index contributed by atoms with van der Waals surface area (Å²) < 4.78 is 9.98. The molecule has 0 radical (unpaired) electrons. The topological polar surface area (TPSA) is 88.5 Å². The Morgan fingerprint density at radius 3 is 2.28 bits per heavy atom. The highest BCUT2D eigenvalue weighted by molar-refractivity contribution is 5.99. The van der Waals surface area contributed by atoms with E-state index in [0.717, 1.165) is 22.3 Å². The van der Waals surface area contributed by atoms with Crippen LogP contribution in [0.5, 0.6) is 0 Å². The largest absolute Gasteiger partial charge is 0.449 e. The van der Waals surface area contributed by atoms with Crippen molar-refractivity contribution in [3.05, 3.63) is 59.7 Å². The predicted octanol–water partition coefficient (Wildman–Crippen LogP) is 2.82. The minimum atomic E-state index is -0.844. The SMILES string of the molecule is N=C1CC(NC(=O)OCC2c3ccccc3-c3ccccc32)C(=O)O1. The summed E-state index contributed by atoms with van der Waals surface area (Å²) in [5, 5.41) is 9.77. The first kappa shape index (κ1) is 15.4. The van der Waals surface area contributed by atoms with Crippen molar-refractivity contribution >= 4 is 18.0 Å². The molecule has 2 aromatic rings. The Morgan fingerprint density at radius 1 is 1.12 bits per heavy atom. The van der Waals surface area contributed by atoms with Crippen LogP contribution in [-0.4, -0.2) is 30.6 Å². The van der Waals surface area contributed by atoms with E-state index in [1.165, 1.54) is 0 Å². The molecule has 126 valence electrons. The van der Waals surface area contributed by atoms with Crippen LogP contribution in [0.2, 0.25) is 0 Å². The van der Waals surface area contributed by atoms with Gasteiger partial charge in [-0.2, -0.15) is 0 Å². The van der Waals surface area contributed by atoms with Crippen LogP contribution in [0.4, 0.5) is 4.79 Å². The Kier molecular flexibility index (Phi) is 3.72. The number of nitrogens with one attached hydrogen (secondary N) is 2. The van der Waals surface area contributed by atoms with Crippen molar-refractivity contribution in [2.75, 3.05) is 6.61 Å². The number of esters is 1. The first-order valence-corrected chi connectivity index (χ1v) is 8.04. The standard InChI is InChI=1S/C19H16N2O4/c20-17-9-16(18(22)25-17)21-19(23)24-10-15-13-7-3-1-5-11(13)12-6-2-4-8-14(12)15/h1-8,15-16,20H,9-10H2,(H,21,23). The Labute approximate surface area is 144 Å². The summed E-state index contributed by atoms with van der Waals surface area (Å²) in [5.41, 5.74) is 4.55. The van der Waals surface area contributed by atoms with Gasteiger partial charge in [0.05, 0.1) is 6.42 Å². The molecule has 6 heteroatoms. The summed E-state index contributed by atoms with van der Waals surface area (Å²) in [4.78, 5) is 23.5. The summed E-state index contributed by atoms with van der Waals surface area (Å²) in [6.07, 6.45) is -0.623. The van der Waals surface area contributed by atoms with Gasteiger partial charge in [0.15, 0.2) is 5.90 Å². The number of ether oxygens (including phenoxy) is 2. The Hall–Kier alpha value is -3.15. The Morgan fingerprint density at radius 2 is 1.72 bits per heavy atom. The van der Waals surface area contributed by atoms with E-state index in [2.05, 4.69) is 22.2 Å². The zero-order chi connectivity index (χ0) is 17.4. The second kappa shape index (κ2) is 6.05. The van der Waals surface area contributed by atoms with E-state index in [9.17, 15) is 9.59 Å². The van der Waals surface area contributed by atoms with Crippen LogP contribution in [0.3, 0.4) is 0 Å². The molecule has 6 nitrogen and oxygen atoms in total. The predicted molar refractivity (Wildman–Crippen MR) is 90.4 cm³/mol. The van der Waals surface area contributed by atoms with Crippen molar-refractivity contribution in [1.82, 2.24) is 5.32 Å². The van der Waals surface area contributed by atoms with Crippen LogP contribution < -0.4 is 5.32 Å². The molecule has 0 saturated carbocycles. The zero-order valence-electron chi connectivity index (χ0n) is 13.3. The minimum Gasteiger partial charge on any atom is -0.449 e. The molecule has 1 fully saturated rings. The van der Waals surface area contributed by atoms with Gasteiger partial charge in [0, 0.05) is 5.92 Å². The lowest BCUT2D eigenvalue weighted by Crippen LogP contribution is -2.38. The van der Waals surface area contributed by atoms with E-state index in [0.29, 0.717) is 0 Å². The number of rotatable bonds is 3. The molecule has 0 aromatic heterocycles. The molecule has 1 heterocycles. The van der Waals surface area contributed by atoms with Gasteiger partial charge in [-0.3, -0.25) is 5.41 Å². The summed E-state index contributed by atoms with van der Waals surface area (Å²) >= 11 is 0. The summed E-state index contributed by atoms with van der Waals surface area (Å²) in [5.74, 6) is -0.806. The van der Waals surface area contributed by atoms with Gasteiger partial charge in [-0.15, -0.1) is 0 Å². The molecule has 0 spiro atoms. The maximum Gasteiger partial charge on any atom is 0.407 e. The number of hydrogen-bond acceptors (Lipinski definition) is 5. The summed E-state index contributed by atoms with van der Waals surface area (Å²) in [6.45, 7) is 0.180. The summed E-state index contributed by atoms with van der Waals surface area (Å²) in [6, 6.07) is 15.3. The van der Waals surface area contributed by atoms with E-state index in [4.69, 9.17) is 10.1 Å². The van der Waals surface area contributed by atoms with Gasteiger partial charge in [0.1, 0.15) is 12.6 Å². The van der Waals surface area contributed by atoms with E-state index >= 15 is 0 Å². The fourth-order valence-electron chi connectivity index (χ4n) is 3.40. The number of alkyl carbamates (subject to hydrolysis) is 1. The highest BCUT2D eigenvalue weighted by Gasteiger charge is 2.34. The fraction of sp³-hybridized carbons (Fsp3) is 0.211. The minimum absolute atomic E-state index is 0.0352. The van der Waals surface area contributed by atoms with Gasteiger partial charge in [-0.1, -0.05) is 48.5 Å². The average Bonchev–Trinajstić information content (AvgIpc) is 3.10. The maximum absolute atomic E-state index is 12.0. The fourth-order valence-corrected chi connectivity index (χ4v) is 3.40. The highest BCUT2D eigenvalue weighted by atomic mass is 16.6. The lowest BCUT2D eigenvalue weighted by Gasteiger charge is -2.15. The Bertz CT molecular complexity index is 832. The lowest BCUT2D eigenvalue weighted by molar-refractivity contribution is -0.135. The third kappa shape index (κ3) is 2.76. The van der Waals surface area contributed by atoms with Gasteiger partial charge < -0.3 is 14.8 Å². The summed E-state index contributed by atoms with van der Waals surface area (Å²) in [7, 11) is 0. The van der Waals surface area contributed by atoms with Crippen molar-refractivity contribution in [3.63, 3.8) is 0 Å². The van der Waals surface area contributed by atoms with Crippen molar-refractivity contribution in [2.45, 2.75) is 18.4 Å². The molecule has 2 N–H and O–H groups in total. The van der Waals surface area contributed by atoms with Crippen molar-refractivity contribution < 1.29 is 19.1 Å². The smallest absolute Gasteiger partial charge is 0.407 e. The number of fused-ring (bicyclic) bond motifs is 3. The van der Waals surface area contributed by atoms with E-state index in [1.807, 2.05) is 36.4 Å². The van der Waals surface area contributed by atoms with Crippen molar-refractivity contribution in [2.24, 2.45) is 0 Å². The van der Waals surface area contributed by atoms with Crippen LogP contribution in [0, 0.1) is 5.41 Å². The highest BCUT2D eigenvalue weighted by Crippen LogP contribution is 2.44. The van der Waals surface area contributed by atoms with E-state index in [1.54, 1.807) is 0 Å². The monoisotopic (exact) mass is 336 g/mol. The van der Waals surface area contributed by atoms with Crippen LogP contribution in [0.1, 0.15) is 23.5 Å². The normalized spacial score (nSPS) is 18.5. The second-order valence-electron chi connectivity index (χ2n) is 6.07. The zero-order valence-corrected chi connectivity index (χ0v) is 13.3. The molecule has 1 unspecified atom stereocenters.